The Hall–Kier alpha value is -2.37. The molecule has 0 bridgehead atoms. The first-order valence-electron chi connectivity index (χ1n) is 11.6. The molecule has 0 unspecified atom stereocenters. The molecule has 3 aromatic rings. The zero-order chi connectivity index (χ0) is 22.2. The maximum Gasteiger partial charge on any atom is 0.173 e. The largest absolute Gasteiger partial charge is 0.347 e. The number of para-hydroxylation sites is 2. The number of hydrogen-bond donors (Lipinski definition) is 2. The zero-order valence-corrected chi connectivity index (χ0v) is 20.3. The van der Waals surface area contributed by atoms with Crippen LogP contribution in [0.4, 0.5) is 5.69 Å². The van der Waals surface area contributed by atoms with E-state index in [9.17, 15) is 0 Å². The Kier molecular flexibility index (Phi) is 8.50. The van der Waals surface area contributed by atoms with Gasteiger partial charge in [-0.05, 0) is 63.2 Å². The Labute approximate surface area is 192 Å². The van der Waals surface area contributed by atoms with E-state index in [4.69, 9.17) is 12.2 Å². The fourth-order valence-electron chi connectivity index (χ4n) is 4.20. The first-order valence-corrected chi connectivity index (χ1v) is 12.0. The SMILES string of the molecule is CCn1cc(CN(CCC[NH+](CC)CC)C(=S)Nc2ccccc2C)c2ccccc21. The second kappa shape index (κ2) is 11.3. The minimum atomic E-state index is 0.803. The number of aryl methyl sites for hydroxylation is 2. The van der Waals surface area contributed by atoms with Crippen molar-refractivity contribution in [3.05, 3.63) is 65.9 Å². The minimum absolute atomic E-state index is 0.803. The number of fused-ring (bicyclic) bond motifs is 1. The number of nitrogens with zero attached hydrogens (tertiary/aromatic N) is 2. The molecular formula is C26H37N4S+. The van der Waals surface area contributed by atoms with E-state index in [-0.39, 0.29) is 0 Å². The molecule has 5 heteroatoms. The van der Waals surface area contributed by atoms with E-state index in [1.54, 1.807) is 4.90 Å². The molecule has 0 spiro atoms. The summed E-state index contributed by atoms with van der Waals surface area (Å²) < 4.78 is 2.33. The van der Waals surface area contributed by atoms with Gasteiger partial charge in [-0.3, -0.25) is 0 Å². The van der Waals surface area contributed by atoms with Crippen molar-refractivity contribution in [2.45, 2.75) is 47.2 Å². The van der Waals surface area contributed by atoms with Crippen LogP contribution in [0.5, 0.6) is 0 Å². The Morgan fingerprint density at radius 1 is 1.03 bits per heavy atom. The molecule has 0 saturated carbocycles. The summed E-state index contributed by atoms with van der Waals surface area (Å²) in [6, 6.07) is 17.0. The molecule has 0 amide bonds. The van der Waals surface area contributed by atoms with Crippen molar-refractivity contribution in [2.24, 2.45) is 0 Å². The highest BCUT2D eigenvalue weighted by molar-refractivity contribution is 7.80. The Morgan fingerprint density at radius 3 is 2.45 bits per heavy atom. The second-order valence-corrected chi connectivity index (χ2v) is 8.57. The lowest BCUT2D eigenvalue weighted by Gasteiger charge is -2.27. The van der Waals surface area contributed by atoms with E-state index in [1.165, 1.54) is 41.7 Å². The highest BCUT2D eigenvalue weighted by Crippen LogP contribution is 2.23. The first-order chi connectivity index (χ1) is 15.1. The Balaban J connectivity index is 1.81. The van der Waals surface area contributed by atoms with Gasteiger partial charge in [0.2, 0.25) is 0 Å². The van der Waals surface area contributed by atoms with Gasteiger partial charge in [-0.25, -0.2) is 0 Å². The average molecular weight is 438 g/mol. The quantitative estimate of drug-likeness (QED) is 0.457. The number of hydrogen-bond acceptors (Lipinski definition) is 1. The first kappa shape index (κ1) is 23.3. The molecule has 0 aliphatic carbocycles. The molecular weight excluding hydrogens is 400 g/mol. The van der Waals surface area contributed by atoms with Crippen LogP contribution < -0.4 is 10.2 Å². The number of benzene rings is 2. The smallest absolute Gasteiger partial charge is 0.173 e. The number of anilines is 1. The molecule has 0 radical (unpaired) electrons. The lowest BCUT2D eigenvalue weighted by Crippen LogP contribution is -3.11. The van der Waals surface area contributed by atoms with Crippen molar-refractivity contribution in [2.75, 3.05) is 31.5 Å². The predicted octanol–water partition coefficient (Wildman–Crippen LogP) is 4.48. The van der Waals surface area contributed by atoms with Crippen molar-refractivity contribution in [3.63, 3.8) is 0 Å². The molecule has 1 aromatic heterocycles. The van der Waals surface area contributed by atoms with Crippen LogP contribution in [-0.4, -0.2) is 40.8 Å². The number of thiocarbonyl (C=S) groups is 1. The van der Waals surface area contributed by atoms with Gasteiger partial charge in [0, 0.05) is 48.8 Å². The topological polar surface area (TPSA) is 24.6 Å². The van der Waals surface area contributed by atoms with Gasteiger partial charge in [-0.15, -0.1) is 0 Å². The van der Waals surface area contributed by atoms with Gasteiger partial charge in [0.15, 0.2) is 5.11 Å². The van der Waals surface area contributed by atoms with Gasteiger partial charge < -0.3 is 19.7 Å². The maximum absolute atomic E-state index is 5.91. The van der Waals surface area contributed by atoms with Crippen molar-refractivity contribution >= 4 is 33.9 Å². The third-order valence-corrected chi connectivity index (χ3v) is 6.57. The summed E-state index contributed by atoms with van der Waals surface area (Å²) in [4.78, 5) is 3.98. The van der Waals surface area contributed by atoms with E-state index >= 15 is 0 Å². The molecule has 0 atom stereocenters. The van der Waals surface area contributed by atoms with E-state index in [2.05, 4.69) is 97.2 Å². The van der Waals surface area contributed by atoms with Gasteiger partial charge in [-0.1, -0.05) is 36.4 Å². The summed E-state index contributed by atoms with van der Waals surface area (Å²) >= 11 is 5.91. The number of aromatic nitrogens is 1. The summed E-state index contributed by atoms with van der Waals surface area (Å²) in [5, 5.41) is 5.63. The molecule has 0 saturated heterocycles. The summed E-state index contributed by atoms with van der Waals surface area (Å²) in [6.07, 6.45) is 3.42. The number of quaternary nitrogens is 1. The lowest BCUT2D eigenvalue weighted by molar-refractivity contribution is -0.896. The van der Waals surface area contributed by atoms with E-state index < -0.39 is 0 Å². The summed E-state index contributed by atoms with van der Waals surface area (Å²) in [6.45, 7) is 15.1. The molecule has 0 aliphatic rings. The van der Waals surface area contributed by atoms with Gasteiger partial charge >= 0.3 is 0 Å². The van der Waals surface area contributed by atoms with Gasteiger partial charge in [0.05, 0.1) is 19.6 Å². The molecule has 1 heterocycles. The van der Waals surface area contributed by atoms with Crippen LogP contribution in [0, 0.1) is 6.92 Å². The molecule has 166 valence electrons. The van der Waals surface area contributed by atoms with E-state index in [0.717, 1.165) is 36.9 Å². The van der Waals surface area contributed by atoms with Gasteiger partial charge in [0.25, 0.3) is 0 Å². The maximum atomic E-state index is 5.91. The molecule has 0 fully saturated rings. The monoisotopic (exact) mass is 437 g/mol. The summed E-state index contributed by atoms with van der Waals surface area (Å²) in [5.41, 5.74) is 4.93. The molecule has 2 aromatic carbocycles. The van der Waals surface area contributed by atoms with Crippen molar-refractivity contribution < 1.29 is 4.90 Å². The summed E-state index contributed by atoms with van der Waals surface area (Å²) in [7, 11) is 0. The molecule has 31 heavy (non-hydrogen) atoms. The van der Waals surface area contributed by atoms with Crippen molar-refractivity contribution in [1.82, 2.24) is 9.47 Å². The van der Waals surface area contributed by atoms with Gasteiger partial charge in [0.1, 0.15) is 0 Å². The highest BCUT2D eigenvalue weighted by Gasteiger charge is 2.16. The standard InChI is InChI=1S/C26H36N4S/c1-5-28(6-2)17-12-18-30(26(31)27-24-15-10-8-13-21(24)4)20-22-19-29(7-3)25-16-11-9-14-23(22)25/h8-11,13-16,19H,5-7,12,17-18,20H2,1-4H3,(H,27,31)/p+1. The van der Waals surface area contributed by atoms with Crippen LogP contribution in [0.25, 0.3) is 10.9 Å². The van der Waals surface area contributed by atoms with Crippen LogP contribution in [0.15, 0.2) is 54.7 Å². The third kappa shape index (κ3) is 5.86. The number of rotatable bonds is 10. The molecule has 2 N–H and O–H groups in total. The lowest BCUT2D eigenvalue weighted by atomic mass is 10.1. The predicted molar refractivity (Wildman–Crippen MR) is 137 cm³/mol. The van der Waals surface area contributed by atoms with Crippen LogP contribution >= 0.6 is 12.2 Å². The Morgan fingerprint density at radius 2 is 1.74 bits per heavy atom. The fourth-order valence-corrected chi connectivity index (χ4v) is 4.47. The summed E-state index contributed by atoms with van der Waals surface area (Å²) in [5.74, 6) is 0. The zero-order valence-electron chi connectivity index (χ0n) is 19.4. The molecule has 4 nitrogen and oxygen atoms in total. The fraction of sp³-hybridized carbons (Fsp3) is 0.423. The van der Waals surface area contributed by atoms with Gasteiger partial charge in [-0.2, -0.15) is 0 Å². The minimum Gasteiger partial charge on any atom is -0.347 e. The van der Waals surface area contributed by atoms with Crippen LogP contribution in [0.2, 0.25) is 0 Å². The van der Waals surface area contributed by atoms with Crippen molar-refractivity contribution in [3.8, 4) is 0 Å². The van der Waals surface area contributed by atoms with Crippen LogP contribution in [-0.2, 0) is 13.1 Å². The number of nitrogens with one attached hydrogen (secondary N) is 2. The van der Waals surface area contributed by atoms with Crippen LogP contribution in [0.1, 0.15) is 38.3 Å². The third-order valence-electron chi connectivity index (χ3n) is 6.21. The second-order valence-electron chi connectivity index (χ2n) is 8.18. The molecule has 0 aliphatic heterocycles. The van der Waals surface area contributed by atoms with E-state index in [1.807, 2.05) is 0 Å². The normalized spacial score (nSPS) is 11.3. The van der Waals surface area contributed by atoms with Crippen molar-refractivity contribution in [1.29, 1.82) is 0 Å². The van der Waals surface area contributed by atoms with E-state index in [0.29, 0.717) is 0 Å². The highest BCUT2D eigenvalue weighted by atomic mass is 32.1. The Bertz CT molecular complexity index is 990. The molecule has 3 rings (SSSR count). The van der Waals surface area contributed by atoms with Crippen LogP contribution in [0.3, 0.4) is 0 Å². The average Bonchev–Trinajstić information content (AvgIpc) is 3.15.